The maximum atomic E-state index is 5.89. The number of nitrogens with two attached hydrogens (primary N) is 1. The molecule has 0 radical (unpaired) electrons. The summed E-state index contributed by atoms with van der Waals surface area (Å²) in [5.74, 6) is 0.932. The van der Waals surface area contributed by atoms with Crippen LogP contribution >= 0.6 is 11.8 Å². The van der Waals surface area contributed by atoms with Crippen LogP contribution in [0.25, 0.3) is 0 Å². The molecule has 4 nitrogen and oxygen atoms in total. The number of hydrogen-bond donors (Lipinski definition) is 2. The number of aryl methyl sites for hydroxylation is 2. The van der Waals surface area contributed by atoms with Gasteiger partial charge >= 0.3 is 0 Å². The monoisotopic (exact) mass is 302 g/mol. The molecule has 0 saturated heterocycles. The summed E-state index contributed by atoms with van der Waals surface area (Å²) < 4.78 is 0. The lowest BCUT2D eigenvalue weighted by Gasteiger charge is -2.02. The third-order valence-corrected chi connectivity index (χ3v) is 3.99. The molecular weight excluding hydrogens is 280 g/mol. The molecule has 0 aliphatic carbocycles. The van der Waals surface area contributed by atoms with Crippen molar-refractivity contribution in [1.29, 1.82) is 0 Å². The Morgan fingerprint density at radius 2 is 2.05 bits per heavy atom. The first-order valence-electron chi connectivity index (χ1n) is 7.28. The van der Waals surface area contributed by atoms with Crippen LogP contribution in [-0.4, -0.2) is 27.4 Å². The van der Waals surface area contributed by atoms with Gasteiger partial charge in [0.25, 0.3) is 0 Å². The highest BCUT2D eigenvalue weighted by molar-refractivity contribution is 8.13. The molecule has 112 valence electrons. The third kappa shape index (κ3) is 6.49. The Balaban J connectivity index is 1.54. The van der Waals surface area contributed by atoms with Crippen LogP contribution in [0.1, 0.15) is 24.1 Å². The summed E-state index contributed by atoms with van der Waals surface area (Å²) in [6.07, 6.45) is 7.83. The Labute approximate surface area is 130 Å². The second kappa shape index (κ2) is 9.23. The topological polar surface area (TPSA) is 67.1 Å². The predicted molar refractivity (Wildman–Crippen MR) is 90.6 cm³/mol. The number of rotatable bonds is 8. The van der Waals surface area contributed by atoms with E-state index < -0.39 is 0 Å². The zero-order valence-electron chi connectivity index (χ0n) is 12.2. The highest BCUT2D eigenvalue weighted by Crippen LogP contribution is 2.07. The van der Waals surface area contributed by atoms with Crippen molar-refractivity contribution >= 4 is 16.9 Å². The predicted octanol–water partition coefficient (Wildman–Crippen LogP) is 3.02. The van der Waals surface area contributed by atoms with E-state index in [-0.39, 0.29) is 0 Å². The lowest BCUT2D eigenvalue weighted by Crippen LogP contribution is -2.09. The lowest BCUT2D eigenvalue weighted by atomic mass is 10.1. The van der Waals surface area contributed by atoms with Crippen LogP contribution in [0.15, 0.2) is 47.8 Å². The van der Waals surface area contributed by atoms with Gasteiger partial charge in [0, 0.05) is 24.2 Å². The number of amidine groups is 1. The minimum atomic E-state index is 0.689. The molecule has 21 heavy (non-hydrogen) atoms. The molecule has 0 aliphatic rings. The minimum absolute atomic E-state index is 0.689. The number of H-pyrrole nitrogens is 1. The van der Waals surface area contributed by atoms with E-state index in [1.165, 1.54) is 5.56 Å². The fourth-order valence-electron chi connectivity index (χ4n) is 2.01. The number of benzene rings is 1. The molecule has 2 aromatic rings. The van der Waals surface area contributed by atoms with Gasteiger partial charge in [-0.2, -0.15) is 0 Å². The molecule has 0 unspecified atom stereocenters. The number of hydrogen-bond acceptors (Lipinski definition) is 3. The number of nitrogens with zero attached hydrogens (tertiary/aromatic N) is 2. The summed E-state index contributed by atoms with van der Waals surface area (Å²) in [6, 6.07) is 10.6. The molecular formula is C16H22N4S. The van der Waals surface area contributed by atoms with Gasteiger partial charge in [-0.25, -0.2) is 4.98 Å². The van der Waals surface area contributed by atoms with Gasteiger partial charge in [0.15, 0.2) is 5.17 Å². The summed E-state index contributed by atoms with van der Waals surface area (Å²) in [5.41, 5.74) is 8.42. The van der Waals surface area contributed by atoms with Crippen molar-refractivity contribution < 1.29 is 0 Å². The minimum Gasteiger partial charge on any atom is -0.379 e. The molecule has 0 bridgehead atoms. The van der Waals surface area contributed by atoms with E-state index in [1.807, 2.05) is 6.20 Å². The van der Waals surface area contributed by atoms with Crippen LogP contribution in [0.5, 0.6) is 0 Å². The zero-order valence-corrected chi connectivity index (χ0v) is 13.0. The van der Waals surface area contributed by atoms with Gasteiger partial charge in [-0.3, -0.25) is 4.99 Å². The van der Waals surface area contributed by atoms with Crippen molar-refractivity contribution in [3.8, 4) is 0 Å². The molecule has 0 saturated carbocycles. The van der Waals surface area contributed by atoms with Crippen LogP contribution in [0.3, 0.4) is 0 Å². The molecule has 0 amide bonds. The number of aromatic nitrogens is 2. The molecule has 5 heteroatoms. The average molecular weight is 302 g/mol. The van der Waals surface area contributed by atoms with Crippen LogP contribution in [0, 0.1) is 0 Å². The van der Waals surface area contributed by atoms with Crippen LogP contribution in [0.2, 0.25) is 0 Å². The van der Waals surface area contributed by atoms with E-state index >= 15 is 0 Å². The van der Waals surface area contributed by atoms with E-state index in [0.29, 0.717) is 5.17 Å². The Kier molecular flexibility index (Phi) is 6.88. The van der Waals surface area contributed by atoms with E-state index in [9.17, 15) is 0 Å². The number of imidazole rings is 1. The van der Waals surface area contributed by atoms with Gasteiger partial charge in [-0.1, -0.05) is 42.1 Å². The van der Waals surface area contributed by atoms with Crippen molar-refractivity contribution in [2.24, 2.45) is 10.7 Å². The maximum absolute atomic E-state index is 5.89. The van der Waals surface area contributed by atoms with E-state index in [1.54, 1.807) is 18.1 Å². The van der Waals surface area contributed by atoms with Gasteiger partial charge in [0.05, 0.1) is 6.33 Å². The fraction of sp³-hybridized carbons (Fsp3) is 0.375. The highest BCUT2D eigenvalue weighted by atomic mass is 32.2. The normalized spacial score (nSPS) is 11.7. The number of unbranched alkanes of at least 4 members (excludes halogenated alkanes) is 1. The van der Waals surface area contributed by atoms with Gasteiger partial charge in [0.2, 0.25) is 0 Å². The van der Waals surface area contributed by atoms with Crippen molar-refractivity contribution in [2.75, 3.05) is 12.3 Å². The molecule has 0 fully saturated rings. The van der Waals surface area contributed by atoms with Crippen LogP contribution < -0.4 is 5.73 Å². The van der Waals surface area contributed by atoms with E-state index in [2.05, 4.69) is 45.3 Å². The number of aromatic amines is 1. The van der Waals surface area contributed by atoms with Crippen molar-refractivity contribution in [2.45, 2.75) is 25.7 Å². The van der Waals surface area contributed by atoms with Crippen molar-refractivity contribution in [1.82, 2.24) is 9.97 Å². The molecule has 1 aromatic heterocycles. The largest absolute Gasteiger partial charge is 0.379 e. The van der Waals surface area contributed by atoms with Gasteiger partial charge in [0.1, 0.15) is 0 Å². The molecule has 2 rings (SSSR count). The summed E-state index contributed by atoms with van der Waals surface area (Å²) in [4.78, 5) is 11.5. The quantitative estimate of drug-likeness (QED) is 0.447. The molecule has 0 atom stereocenters. The number of thioether (sulfide) groups is 1. The van der Waals surface area contributed by atoms with Crippen LogP contribution in [-0.2, 0) is 12.8 Å². The van der Waals surface area contributed by atoms with E-state index in [4.69, 9.17) is 5.73 Å². The highest BCUT2D eigenvalue weighted by Gasteiger charge is 1.97. The average Bonchev–Trinajstić information content (AvgIpc) is 3.01. The first-order chi connectivity index (χ1) is 10.3. The van der Waals surface area contributed by atoms with Gasteiger partial charge < -0.3 is 10.7 Å². The molecule has 3 N–H and O–H groups in total. The fourth-order valence-corrected chi connectivity index (χ4v) is 2.72. The van der Waals surface area contributed by atoms with Crippen molar-refractivity contribution in [3.05, 3.63) is 54.1 Å². The first-order valence-corrected chi connectivity index (χ1v) is 8.27. The third-order valence-electron chi connectivity index (χ3n) is 3.16. The summed E-state index contributed by atoms with van der Waals surface area (Å²) >= 11 is 1.61. The Bertz CT molecular complexity index is 522. The first kappa shape index (κ1) is 15.6. The number of nitrogens with one attached hydrogen (secondary N) is 1. The Morgan fingerprint density at radius 3 is 2.81 bits per heavy atom. The number of aliphatic imine (C=N–C) groups is 1. The van der Waals surface area contributed by atoms with E-state index in [0.717, 1.165) is 43.7 Å². The smallest absolute Gasteiger partial charge is 0.153 e. The molecule has 0 aliphatic heterocycles. The molecule has 1 aromatic carbocycles. The van der Waals surface area contributed by atoms with Crippen LogP contribution in [0.4, 0.5) is 0 Å². The summed E-state index contributed by atoms with van der Waals surface area (Å²) in [5, 5.41) is 0.689. The SMILES string of the molecule is NC(=NCCCCc1ccccc1)SCCc1cnc[nH]1. The zero-order chi connectivity index (χ0) is 14.8. The summed E-state index contributed by atoms with van der Waals surface area (Å²) in [6.45, 7) is 0.815. The Hall–Kier alpha value is -1.75. The summed E-state index contributed by atoms with van der Waals surface area (Å²) in [7, 11) is 0. The maximum Gasteiger partial charge on any atom is 0.153 e. The lowest BCUT2D eigenvalue weighted by molar-refractivity contribution is 0.746. The molecule has 0 spiro atoms. The second-order valence-electron chi connectivity index (χ2n) is 4.84. The van der Waals surface area contributed by atoms with Crippen molar-refractivity contribution in [3.63, 3.8) is 0 Å². The van der Waals surface area contributed by atoms with Gasteiger partial charge in [-0.05, 0) is 31.2 Å². The molecule has 1 heterocycles. The Morgan fingerprint density at radius 1 is 1.19 bits per heavy atom. The standard InChI is InChI=1S/C16H22N4S/c17-16(21-11-9-15-12-18-13-20-15)19-10-5-4-8-14-6-2-1-3-7-14/h1-3,6-7,12-13H,4-5,8-11H2,(H2,17,19)(H,18,20). The second-order valence-corrected chi connectivity index (χ2v) is 5.95. The van der Waals surface area contributed by atoms with Gasteiger partial charge in [-0.15, -0.1) is 0 Å².